The SMILES string of the molecule is Cc1cccc2c1-c1ccc(C(C)(C)C)cc1C2. The van der Waals surface area contributed by atoms with E-state index in [1.165, 1.54) is 33.4 Å². The van der Waals surface area contributed by atoms with Gasteiger partial charge >= 0.3 is 0 Å². The second-order valence-electron chi connectivity index (χ2n) is 6.41. The first-order chi connectivity index (χ1) is 8.47. The number of fused-ring (bicyclic) bond motifs is 3. The number of hydrogen-bond acceptors (Lipinski definition) is 0. The first-order valence-electron chi connectivity index (χ1n) is 6.69. The Morgan fingerprint density at radius 1 is 0.944 bits per heavy atom. The summed E-state index contributed by atoms with van der Waals surface area (Å²) in [6.07, 6.45) is 1.09. The van der Waals surface area contributed by atoms with Crippen LogP contribution in [-0.4, -0.2) is 0 Å². The summed E-state index contributed by atoms with van der Waals surface area (Å²) in [7, 11) is 0. The van der Waals surface area contributed by atoms with E-state index in [1.807, 2.05) is 0 Å². The fourth-order valence-electron chi connectivity index (χ4n) is 2.92. The molecule has 1 aliphatic rings. The molecule has 0 spiro atoms. The molecule has 0 N–H and O–H groups in total. The molecule has 0 aliphatic heterocycles. The van der Waals surface area contributed by atoms with Crippen molar-refractivity contribution in [3.05, 3.63) is 58.7 Å². The van der Waals surface area contributed by atoms with E-state index in [1.54, 1.807) is 0 Å². The standard InChI is InChI=1S/C18H20/c1-12-6-5-7-13-10-14-11-15(18(2,3)4)8-9-16(14)17(12)13/h5-9,11H,10H2,1-4H3. The van der Waals surface area contributed by atoms with Gasteiger partial charge in [-0.15, -0.1) is 0 Å². The Morgan fingerprint density at radius 3 is 2.44 bits per heavy atom. The maximum absolute atomic E-state index is 2.40. The van der Waals surface area contributed by atoms with E-state index in [0.29, 0.717) is 0 Å². The second-order valence-corrected chi connectivity index (χ2v) is 6.41. The molecule has 0 amide bonds. The van der Waals surface area contributed by atoms with Crippen LogP contribution in [0, 0.1) is 6.92 Å². The lowest BCUT2D eigenvalue weighted by molar-refractivity contribution is 0.590. The van der Waals surface area contributed by atoms with Crippen molar-refractivity contribution < 1.29 is 0 Å². The summed E-state index contributed by atoms with van der Waals surface area (Å²) in [6, 6.07) is 13.7. The van der Waals surface area contributed by atoms with Crippen molar-refractivity contribution in [1.29, 1.82) is 0 Å². The zero-order valence-electron chi connectivity index (χ0n) is 11.7. The lowest BCUT2D eigenvalue weighted by Crippen LogP contribution is -2.11. The summed E-state index contributed by atoms with van der Waals surface area (Å²) in [4.78, 5) is 0. The van der Waals surface area contributed by atoms with Crippen LogP contribution in [0.5, 0.6) is 0 Å². The van der Waals surface area contributed by atoms with Gasteiger partial charge in [0.2, 0.25) is 0 Å². The molecule has 0 radical (unpaired) electrons. The van der Waals surface area contributed by atoms with Crippen LogP contribution < -0.4 is 0 Å². The van der Waals surface area contributed by atoms with Crippen LogP contribution in [0.2, 0.25) is 0 Å². The van der Waals surface area contributed by atoms with Crippen LogP contribution in [-0.2, 0) is 11.8 Å². The molecule has 0 atom stereocenters. The molecule has 3 rings (SSSR count). The minimum absolute atomic E-state index is 0.235. The third-order valence-corrected chi connectivity index (χ3v) is 3.98. The van der Waals surface area contributed by atoms with E-state index >= 15 is 0 Å². The molecule has 0 saturated carbocycles. The largest absolute Gasteiger partial charge is 0.0617 e. The number of aryl methyl sites for hydroxylation is 1. The molecule has 2 aromatic carbocycles. The first kappa shape index (κ1) is 11.5. The Labute approximate surface area is 110 Å². The summed E-state index contributed by atoms with van der Waals surface area (Å²) >= 11 is 0. The minimum atomic E-state index is 0.235. The van der Waals surface area contributed by atoms with E-state index in [4.69, 9.17) is 0 Å². The summed E-state index contributed by atoms with van der Waals surface area (Å²) in [5.74, 6) is 0. The predicted molar refractivity (Wildman–Crippen MR) is 78.1 cm³/mol. The van der Waals surface area contributed by atoms with Gasteiger partial charge in [-0.1, -0.05) is 57.2 Å². The second kappa shape index (κ2) is 3.71. The maximum atomic E-state index is 2.40. The van der Waals surface area contributed by atoms with E-state index in [9.17, 15) is 0 Å². The Kier molecular flexibility index (Phi) is 2.38. The zero-order valence-corrected chi connectivity index (χ0v) is 11.7. The molecule has 0 aromatic heterocycles. The van der Waals surface area contributed by atoms with E-state index in [0.717, 1.165) is 6.42 Å². The summed E-state index contributed by atoms with van der Waals surface area (Å²) in [5.41, 5.74) is 8.95. The van der Waals surface area contributed by atoms with E-state index in [2.05, 4.69) is 64.1 Å². The van der Waals surface area contributed by atoms with Gasteiger partial charge in [-0.25, -0.2) is 0 Å². The molecule has 0 nitrogen and oxygen atoms in total. The molecule has 0 heteroatoms. The molecular weight excluding hydrogens is 216 g/mol. The third kappa shape index (κ3) is 1.68. The highest BCUT2D eigenvalue weighted by Crippen LogP contribution is 2.40. The Morgan fingerprint density at radius 2 is 1.72 bits per heavy atom. The van der Waals surface area contributed by atoms with Crippen LogP contribution in [0.25, 0.3) is 11.1 Å². The van der Waals surface area contributed by atoms with Crippen LogP contribution in [0.3, 0.4) is 0 Å². The van der Waals surface area contributed by atoms with E-state index in [-0.39, 0.29) is 5.41 Å². The number of hydrogen-bond donors (Lipinski definition) is 0. The van der Waals surface area contributed by atoms with Gasteiger partial charge < -0.3 is 0 Å². The highest BCUT2D eigenvalue weighted by atomic mass is 14.3. The lowest BCUT2D eigenvalue weighted by atomic mass is 9.85. The van der Waals surface area contributed by atoms with Gasteiger partial charge in [0.05, 0.1) is 0 Å². The third-order valence-electron chi connectivity index (χ3n) is 3.98. The van der Waals surface area contributed by atoms with Crippen molar-refractivity contribution in [3.63, 3.8) is 0 Å². The normalized spacial score (nSPS) is 13.3. The van der Waals surface area contributed by atoms with Gasteiger partial charge in [0.1, 0.15) is 0 Å². The van der Waals surface area contributed by atoms with Crippen LogP contribution in [0.4, 0.5) is 0 Å². The topological polar surface area (TPSA) is 0 Å². The van der Waals surface area contributed by atoms with Gasteiger partial charge in [-0.3, -0.25) is 0 Å². The molecule has 2 aromatic rings. The van der Waals surface area contributed by atoms with Crippen LogP contribution in [0.15, 0.2) is 36.4 Å². The quantitative estimate of drug-likeness (QED) is 0.522. The molecule has 0 unspecified atom stereocenters. The Hall–Kier alpha value is -1.56. The minimum Gasteiger partial charge on any atom is -0.0617 e. The van der Waals surface area contributed by atoms with Gasteiger partial charge in [0, 0.05) is 0 Å². The van der Waals surface area contributed by atoms with Crippen molar-refractivity contribution in [2.45, 2.75) is 39.5 Å². The average molecular weight is 236 g/mol. The molecule has 18 heavy (non-hydrogen) atoms. The van der Waals surface area contributed by atoms with Gasteiger partial charge in [-0.05, 0) is 52.1 Å². The summed E-state index contributed by atoms with van der Waals surface area (Å²) < 4.78 is 0. The van der Waals surface area contributed by atoms with Crippen LogP contribution in [0.1, 0.15) is 43.0 Å². The zero-order chi connectivity index (χ0) is 12.9. The van der Waals surface area contributed by atoms with Gasteiger partial charge in [0.15, 0.2) is 0 Å². The molecular formula is C18H20. The highest BCUT2D eigenvalue weighted by Gasteiger charge is 2.22. The molecule has 0 saturated heterocycles. The average Bonchev–Trinajstić information content (AvgIpc) is 2.66. The predicted octanol–water partition coefficient (Wildman–Crippen LogP) is 4.86. The fourth-order valence-corrected chi connectivity index (χ4v) is 2.92. The van der Waals surface area contributed by atoms with Crippen molar-refractivity contribution in [3.8, 4) is 11.1 Å². The van der Waals surface area contributed by atoms with Crippen molar-refractivity contribution in [1.82, 2.24) is 0 Å². The number of benzene rings is 2. The van der Waals surface area contributed by atoms with E-state index < -0.39 is 0 Å². The Bertz CT molecular complexity index is 612. The first-order valence-corrected chi connectivity index (χ1v) is 6.69. The molecule has 92 valence electrons. The van der Waals surface area contributed by atoms with Crippen molar-refractivity contribution >= 4 is 0 Å². The molecule has 0 bridgehead atoms. The number of rotatable bonds is 0. The summed E-state index contributed by atoms with van der Waals surface area (Å²) in [5, 5.41) is 0. The monoisotopic (exact) mass is 236 g/mol. The van der Waals surface area contributed by atoms with Crippen molar-refractivity contribution in [2.75, 3.05) is 0 Å². The highest BCUT2D eigenvalue weighted by molar-refractivity contribution is 5.79. The van der Waals surface area contributed by atoms with Gasteiger partial charge in [-0.2, -0.15) is 0 Å². The maximum Gasteiger partial charge on any atom is -0.00132 e. The van der Waals surface area contributed by atoms with Gasteiger partial charge in [0.25, 0.3) is 0 Å². The fraction of sp³-hybridized carbons (Fsp3) is 0.333. The molecule has 1 aliphatic carbocycles. The molecule has 0 heterocycles. The van der Waals surface area contributed by atoms with Crippen molar-refractivity contribution in [2.24, 2.45) is 0 Å². The lowest BCUT2D eigenvalue weighted by Gasteiger charge is -2.20. The van der Waals surface area contributed by atoms with Crippen LogP contribution >= 0.6 is 0 Å². The molecule has 0 fully saturated rings. The summed E-state index contributed by atoms with van der Waals surface area (Å²) in [6.45, 7) is 9.05. The Balaban J connectivity index is 2.17. The smallest absolute Gasteiger partial charge is 0.00132 e.